The second kappa shape index (κ2) is 7.65. The third kappa shape index (κ3) is 3.31. The van der Waals surface area contributed by atoms with Gasteiger partial charge < -0.3 is 19.4 Å². The van der Waals surface area contributed by atoms with Gasteiger partial charge in [-0.2, -0.15) is 5.26 Å². The summed E-state index contributed by atoms with van der Waals surface area (Å²) in [6.45, 7) is 3.37. The maximum atomic E-state index is 11.6. The summed E-state index contributed by atoms with van der Waals surface area (Å²) in [7, 11) is 0. The predicted molar refractivity (Wildman–Crippen MR) is 121 cm³/mol. The van der Waals surface area contributed by atoms with Crippen molar-refractivity contribution in [3.63, 3.8) is 0 Å². The van der Waals surface area contributed by atoms with E-state index in [2.05, 4.69) is 39.3 Å². The van der Waals surface area contributed by atoms with E-state index >= 15 is 0 Å². The molecule has 6 rings (SSSR count). The third-order valence-electron chi connectivity index (χ3n) is 7.13. The van der Waals surface area contributed by atoms with Gasteiger partial charge in [0.1, 0.15) is 11.4 Å². The molecule has 5 heterocycles. The summed E-state index contributed by atoms with van der Waals surface area (Å²) in [4.78, 5) is 21.2. The lowest BCUT2D eigenvalue weighted by molar-refractivity contribution is -0.114. The first kappa shape index (κ1) is 20.3. The fourth-order valence-corrected chi connectivity index (χ4v) is 5.33. The zero-order valence-corrected chi connectivity index (χ0v) is 18.5. The monoisotopic (exact) mass is 443 g/mol. The highest BCUT2D eigenvalue weighted by Crippen LogP contribution is 2.43. The Kier molecular flexibility index (Phi) is 4.71. The molecule has 1 amide bonds. The molecular weight excluding hydrogens is 418 g/mol. The largest absolute Gasteiger partial charge is 0.378 e. The van der Waals surface area contributed by atoms with E-state index in [9.17, 15) is 10.1 Å². The number of aromatic nitrogens is 3. The average Bonchev–Trinajstić information content (AvgIpc) is 3.38. The Morgan fingerprint density at radius 2 is 2.21 bits per heavy atom. The van der Waals surface area contributed by atoms with E-state index < -0.39 is 5.60 Å². The van der Waals surface area contributed by atoms with Crippen molar-refractivity contribution in [2.24, 2.45) is 5.92 Å². The van der Waals surface area contributed by atoms with E-state index in [0.29, 0.717) is 25.6 Å². The predicted octanol–water partition coefficient (Wildman–Crippen LogP) is 3.72. The maximum Gasteiger partial charge on any atom is 0.222 e. The number of hydrogen-bond acceptors (Lipinski definition) is 6. The second-order valence-corrected chi connectivity index (χ2v) is 9.27. The summed E-state index contributed by atoms with van der Waals surface area (Å²) in [5.41, 5.74) is 4.57. The standard InChI is InChI=1S/C25H25N5O3/c1-15(31)28-23-10-19-20(13-30(22(19)12-27-23)18-8-16(9-18)11-26)21-3-2-17-4-6-33-25(24(17)29-21)5-7-32-14-25/h2-3,10,12-13,16,18H,4-9,14H2,1H3,(H,27,28,31)/t16-,18-,25?. The normalized spacial score (nSPS) is 26.1. The molecule has 1 atom stereocenters. The maximum absolute atomic E-state index is 11.6. The summed E-state index contributed by atoms with van der Waals surface area (Å²) in [5, 5.41) is 13.0. The van der Waals surface area contributed by atoms with Gasteiger partial charge >= 0.3 is 0 Å². The van der Waals surface area contributed by atoms with E-state index in [1.165, 1.54) is 12.5 Å². The SMILES string of the molecule is CC(=O)Nc1cc2c(-c3ccc4c(n3)C3(CCOC3)OCC4)cn([C@H]3C[C@H](C#N)C3)c2cn1. The minimum atomic E-state index is -0.459. The molecule has 1 saturated carbocycles. The summed E-state index contributed by atoms with van der Waals surface area (Å²) < 4.78 is 14.1. The van der Waals surface area contributed by atoms with Gasteiger partial charge in [0.15, 0.2) is 0 Å². The fraction of sp³-hybridized carbons (Fsp3) is 0.440. The van der Waals surface area contributed by atoms with Crippen LogP contribution in [0.15, 0.2) is 30.6 Å². The highest BCUT2D eigenvalue weighted by atomic mass is 16.6. The van der Waals surface area contributed by atoms with Crippen LogP contribution < -0.4 is 5.32 Å². The van der Waals surface area contributed by atoms with E-state index in [-0.39, 0.29) is 17.9 Å². The van der Waals surface area contributed by atoms with Crippen molar-refractivity contribution in [1.82, 2.24) is 14.5 Å². The van der Waals surface area contributed by atoms with Gasteiger partial charge in [-0.15, -0.1) is 0 Å². The number of nitriles is 1. The van der Waals surface area contributed by atoms with Crippen LogP contribution in [0, 0.1) is 17.2 Å². The highest BCUT2D eigenvalue weighted by Gasteiger charge is 2.43. The van der Waals surface area contributed by atoms with Crippen molar-refractivity contribution in [2.45, 2.75) is 44.2 Å². The number of carbonyl (C=O) groups excluding carboxylic acids is 1. The van der Waals surface area contributed by atoms with Crippen LogP contribution in [0.2, 0.25) is 0 Å². The summed E-state index contributed by atoms with van der Waals surface area (Å²) in [6, 6.07) is 8.77. The first-order valence-electron chi connectivity index (χ1n) is 11.5. The molecule has 1 N–H and O–H groups in total. The Hall–Kier alpha value is -3.28. The molecule has 3 aromatic rings. The molecule has 2 aliphatic heterocycles. The summed E-state index contributed by atoms with van der Waals surface area (Å²) in [6.07, 6.45) is 7.25. The number of rotatable bonds is 3. The number of nitrogens with one attached hydrogen (secondary N) is 1. The van der Waals surface area contributed by atoms with Crippen LogP contribution in [0.5, 0.6) is 0 Å². The quantitative estimate of drug-likeness (QED) is 0.662. The smallest absolute Gasteiger partial charge is 0.222 e. The highest BCUT2D eigenvalue weighted by molar-refractivity contribution is 5.98. The third-order valence-corrected chi connectivity index (χ3v) is 7.13. The van der Waals surface area contributed by atoms with Crippen molar-refractivity contribution in [1.29, 1.82) is 5.26 Å². The first-order valence-corrected chi connectivity index (χ1v) is 11.5. The summed E-state index contributed by atoms with van der Waals surface area (Å²) in [5.74, 6) is 0.453. The van der Waals surface area contributed by atoms with Crippen molar-refractivity contribution in [3.8, 4) is 17.3 Å². The second-order valence-electron chi connectivity index (χ2n) is 9.27. The number of ether oxygens (including phenoxy) is 2. The van der Waals surface area contributed by atoms with E-state index in [1.807, 2.05) is 6.07 Å². The van der Waals surface area contributed by atoms with Gasteiger partial charge in [-0.25, -0.2) is 9.97 Å². The van der Waals surface area contributed by atoms with Gasteiger partial charge in [0.25, 0.3) is 0 Å². The fourth-order valence-electron chi connectivity index (χ4n) is 5.33. The van der Waals surface area contributed by atoms with E-state index in [0.717, 1.165) is 53.5 Å². The van der Waals surface area contributed by atoms with Gasteiger partial charge in [0, 0.05) is 43.1 Å². The molecule has 1 aliphatic carbocycles. The molecule has 2 fully saturated rings. The zero-order valence-electron chi connectivity index (χ0n) is 18.5. The molecule has 3 aromatic heterocycles. The van der Waals surface area contributed by atoms with Crippen LogP contribution in [-0.4, -0.2) is 40.3 Å². The van der Waals surface area contributed by atoms with Crippen molar-refractivity contribution >= 4 is 22.6 Å². The number of pyridine rings is 2. The number of carbonyl (C=O) groups is 1. The molecule has 168 valence electrons. The molecule has 0 bridgehead atoms. The number of anilines is 1. The lowest BCUT2D eigenvalue weighted by atomic mass is 9.81. The Balaban J connectivity index is 1.49. The Morgan fingerprint density at radius 1 is 1.33 bits per heavy atom. The molecule has 3 aliphatic rings. The Bertz CT molecular complexity index is 1300. The number of nitrogens with zero attached hydrogens (tertiary/aromatic N) is 4. The molecule has 1 unspecified atom stereocenters. The molecule has 8 nitrogen and oxygen atoms in total. The van der Waals surface area contributed by atoms with Crippen LogP contribution in [0.3, 0.4) is 0 Å². The lowest BCUT2D eigenvalue weighted by Gasteiger charge is -2.33. The molecule has 0 radical (unpaired) electrons. The number of fused-ring (bicyclic) bond motifs is 3. The Morgan fingerprint density at radius 3 is 2.97 bits per heavy atom. The summed E-state index contributed by atoms with van der Waals surface area (Å²) >= 11 is 0. The molecular formula is C25H25N5O3. The van der Waals surface area contributed by atoms with Gasteiger partial charge in [-0.05, 0) is 37.0 Å². The molecule has 1 saturated heterocycles. The minimum absolute atomic E-state index is 0.101. The van der Waals surface area contributed by atoms with Crippen molar-refractivity contribution in [3.05, 3.63) is 41.9 Å². The van der Waals surface area contributed by atoms with Gasteiger partial charge in [-0.1, -0.05) is 6.07 Å². The van der Waals surface area contributed by atoms with Crippen LogP contribution in [0.1, 0.15) is 43.5 Å². The van der Waals surface area contributed by atoms with Gasteiger partial charge in [-0.3, -0.25) is 4.79 Å². The number of amides is 1. The van der Waals surface area contributed by atoms with Crippen molar-refractivity contribution in [2.75, 3.05) is 25.1 Å². The Labute approximate surface area is 191 Å². The van der Waals surface area contributed by atoms with Gasteiger partial charge in [0.05, 0.1) is 48.3 Å². The minimum Gasteiger partial charge on any atom is -0.378 e. The van der Waals surface area contributed by atoms with E-state index in [4.69, 9.17) is 14.5 Å². The van der Waals surface area contributed by atoms with Crippen LogP contribution in [0.4, 0.5) is 5.82 Å². The van der Waals surface area contributed by atoms with E-state index in [1.54, 1.807) is 6.20 Å². The molecule has 8 heteroatoms. The average molecular weight is 444 g/mol. The topological polar surface area (TPSA) is 102 Å². The van der Waals surface area contributed by atoms with Crippen LogP contribution in [0.25, 0.3) is 22.2 Å². The lowest BCUT2D eigenvalue weighted by Crippen LogP contribution is -2.37. The first-order chi connectivity index (χ1) is 16.1. The molecule has 33 heavy (non-hydrogen) atoms. The zero-order chi connectivity index (χ0) is 22.6. The van der Waals surface area contributed by atoms with Crippen LogP contribution >= 0.6 is 0 Å². The number of hydrogen-bond donors (Lipinski definition) is 1. The van der Waals surface area contributed by atoms with Crippen LogP contribution in [-0.2, 0) is 26.3 Å². The molecule has 1 spiro atoms. The van der Waals surface area contributed by atoms with Gasteiger partial charge in [0.2, 0.25) is 5.91 Å². The van der Waals surface area contributed by atoms with Crippen molar-refractivity contribution < 1.29 is 14.3 Å². The molecule has 0 aromatic carbocycles.